The Kier molecular flexibility index (Phi) is 4.94. The Balaban J connectivity index is 2.02. The van der Waals surface area contributed by atoms with Crippen molar-refractivity contribution >= 4 is 5.69 Å². The molecule has 0 aliphatic rings. The second-order valence-corrected chi connectivity index (χ2v) is 5.21. The van der Waals surface area contributed by atoms with E-state index in [9.17, 15) is 4.39 Å². The van der Waals surface area contributed by atoms with E-state index in [4.69, 9.17) is 5.26 Å². The van der Waals surface area contributed by atoms with Crippen molar-refractivity contribution in [2.24, 2.45) is 0 Å². The molecule has 1 atom stereocenters. The van der Waals surface area contributed by atoms with Crippen molar-refractivity contribution in [3.05, 3.63) is 65.0 Å². The predicted octanol–water partition coefficient (Wildman–Crippen LogP) is 4.82. The van der Waals surface area contributed by atoms with Crippen LogP contribution in [-0.4, -0.2) is 0 Å². The summed E-state index contributed by atoms with van der Waals surface area (Å²) in [6, 6.07) is 14.8. The van der Waals surface area contributed by atoms with Crippen molar-refractivity contribution in [3.63, 3.8) is 0 Å². The molecule has 108 valence electrons. The van der Waals surface area contributed by atoms with E-state index >= 15 is 0 Å². The van der Waals surface area contributed by atoms with Gasteiger partial charge in [-0.15, -0.1) is 0 Å². The van der Waals surface area contributed by atoms with Gasteiger partial charge in [-0.3, -0.25) is 0 Å². The fourth-order valence-electron chi connectivity index (χ4n) is 2.14. The second kappa shape index (κ2) is 6.90. The summed E-state index contributed by atoms with van der Waals surface area (Å²) in [6.45, 7) is 4.96. The number of hydrogen-bond donors (Lipinski definition) is 1. The van der Waals surface area contributed by atoms with E-state index < -0.39 is 5.82 Å². The highest BCUT2D eigenvalue weighted by atomic mass is 19.1. The molecular formula is C18H19FN2. The molecule has 2 rings (SSSR count). The van der Waals surface area contributed by atoms with Gasteiger partial charge in [0, 0.05) is 12.2 Å². The average Bonchev–Trinajstić information content (AvgIpc) is 2.53. The van der Waals surface area contributed by atoms with Crippen LogP contribution in [0.5, 0.6) is 0 Å². The van der Waals surface area contributed by atoms with Gasteiger partial charge in [0.15, 0.2) is 0 Å². The first kappa shape index (κ1) is 15.1. The van der Waals surface area contributed by atoms with E-state index in [-0.39, 0.29) is 5.56 Å². The number of hydrogen-bond acceptors (Lipinski definition) is 2. The van der Waals surface area contributed by atoms with Gasteiger partial charge in [-0.1, -0.05) is 32.0 Å². The normalized spacial score (nSPS) is 11.7. The largest absolute Gasteiger partial charge is 0.381 e. The first-order chi connectivity index (χ1) is 10.1. The molecule has 0 spiro atoms. The Morgan fingerprint density at radius 1 is 1.19 bits per heavy atom. The Bertz CT molecular complexity index is 641. The van der Waals surface area contributed by atoms with E-state index in [0.717, 1.165) is 17.7 Å². The minimum absolute atomic E-state index is 0.0846. The quantitative estimate of drug-likeness (QED) is 0.853. The molecule has 0 aromatic heterocycles. The number of nitriles is 1. The lowest BCUT2D eigenvalue weighted by atomic mass is 9.98. The van der Waals surface area contributed by atoms with E-state index in [1.807, 2.05) is 6.07 Å². The molecule has 3 heteroatoms. The molecule has 0 aliphatic carbocycles. The van der Waals surface area contributed by atoms with Crippen LogP contribution in [0, 0.1) is 17.1 Å². The minimum atomic E-state index is -0.473. The van der Waals surface area contributed by atoms with Crippen LogP contribution in [0.2, 0.25) is 0 Å². The van der Waals surface area contributed by atoms with E-state index in [1.54, 1.807) is 12.1 Å². The van der Waals surface area contributed by atoms with Crippen molar-refractivity contribution in [3.8, 4) is 6.07 Å². The van der Waals surface area contributed by atoms with Crippen molar-refractivity contribution in [2.75, 3.05) is 5.32 Å². The monoisotopic (exact) mass is 282 g/mol. The molecule has 0 saturated carbocycles. The van der Waals surface area contributed by atoms with Crippen LogP contribution >= 0.6 is 0 Å². The number of halogens is 1. The predicted molar refractivity (Wildman–Crippen MR) is 83.6 cm³/mol. The summed E-state index contributed by atoms with van der Waals surface area (Å²) >= 11 is 0. The Morgan fingerprint density at radius 2 is 1.90 bits per heavy atom. The van der Waals surface area contributed by atoms with Gasteiger partial charge in [0.25, 0.3) is 0 Å². The molecule has 0 fully saturated rings. The van der Waals surface area contributed by atoms with Gasteiger partial charge in [0.1, 0.15) is 11.9 Å². The maximum atomic E-state index is 13.2. The van der Waals surface area contributed by atoms with Gasteiger partial charge in [-0.2, -0.15) is 5.26 Å². The topological polar surface area (TPSA) is 35.8 Å². The maximum absolute atomic E-state index is 13.2. The Labute approximate surface area is 125 Å². The van der Waals surface area contributed by atoms with Crippen molar-refractivity contribution < 1.29 is 4.39 Å². The molecule has 0 amide bonds. The molecule has 1 unspecified atom stereocenters. The van der Waals surface area contributed by atoms with Gasteiger partial charge in [-0.05, 0) is 47.7 Å². The summed E-state index contributed by atoms with van der Waals surface area (Å²) < 4.78 is 13.2. The Hall–Kier alpha value is -2.34. The highest BCUT2D eigenvalue weighted by molar-refractivity contribution is 5.46. The molecule has 0 aliphatic heterocycles. The highest BCUT2D eigenvalue weighted by Crippen LogP contribution is 2.21. The lowest BCUT2D eigenvalue weighted by molar-refractivity contribution is 0.623. The lowest BCUT2D eigenvalue weighted by Gasteiger charge is -2.11. The zero-order valence-corrected chi connectivity index (χ0v) is 12.4. The van der Waals surface area contributed by atoms with E-state index in [0.29, 0.717) is 12.5 Å². The zero-order valence-electron chi connectivity index (χ0n) is 12.4. The van der Waals surface area contributed by atoms with E-state index in [1.165, 1.54) is 11.6 Å². The standard InChI is InChI=1S/C18H19FN2/c1-3-13(2)15-5-7-17(8-6-15)21-12-14-4-9-18(19)16(10-14)11-20/h4-10,13,21H,3,12H2,1-2H3. The summed E-state index contributed by atoms with van der Waals surface area (Å²) in [7, 11) is 0. The first-order valence-corrected chi connectivity index (χ1v) is 7.16. The van der Waals surface area contributed by atoms with Crippen LogP contribution in [0.4, 0.5) is 10.1 Å². The first-order valence-electron chi connectivity index (χ1n) is 7.16. The summed E-state index contributed by atoms with van der Waals surface area (Å²) in [5, 5.41) is 12.1. The average molecular weight is 282 g/mol. The number of anilines is 1. The van der Waals surface area contributed by atoms with Gasteiger partial charge >= 0.3 is 0 Å². The lowest BCUT2D eigenvalue weighted by Crippen LogP contribution is -2.01. The van der Waals surface area contributed by atoms with Crippen LogP contribution in [0.25, 0.3) is 0 Å². The third-order valence-corrected chi connectivity index (χ3v) is 3.74. The van der Waals surface area contributed by atoms with Crippen molar-refractivity contribution in [2.45, 2.75) is 32.7 Å². The van der Waals surface area contributed by atoms with E-state index in [2.05, 4.69) is 43.4 Å². The number of nitrogens with zero attached hydrogens (tertiary/aromatic N) is 1. The zero-order chi connectivity index (χ0) is 15.2. The fraction of sp³-hybridized carbons (Fsp3) is 0.278. The third-order valence-electron chi connectivity index (χ3n) is 3.74. The summed E-state index contributed by atoms with van der Waals surface area (Å²) in [5.41, 5.74) is 3.32. The van der Waals surface area contributed by atoms with Crippen molar-refractivity contribution in [1.29, 1.82) is 5.26 Å². The van der Waals surface area contributed by atoms with Crippen LogP contribution in [0.1, 0.15) is 42.9 Å². The second-order valence-electron chi connectivity index (χ2n) is 5.21. The van der Waals surface area contributed by atoms with Gasteiger partial charge in [0.05, 0.1) is 5.56 Å². The molecule has 2 aromatic carbocycles. The molecule has 0 heterocycles. The molecule has 0 radical (unpaired) electrons. The number of rotatable bonds is 5. The Morgan fingerprint density at radius 3 is 2.52 bits per heavy atom. The van der Waals surface area contributed by atoms with Crippen LogP contribution in [0.3, 0.4) is 0 Å². The summed E-state index contributed by atoms with van der Waals surface area (Å²) in [6.07, 6.45) is 1.12. The van der Waals surface area contributed by atoms with Gasteiger partial charge in [-0.25, -0.2) is 4.39 Å². The SMILES string of the molecule is CCC(C)c1ccc(NCc2ccc(F)c(C#N)c2)cc1. The number of nitrogens with one attached hydrogen (secondary N) is 1. The van der Waals surface area contributed by atoms with Crippen LogP contribution in [-0.2, 0) is 6.54 Å². The van der Waals surface area contributed by atoms with Gasteiger partial charge < -0.3 is 5.32 Å². The fourth-order valence-corrected chi connectivity index (χ4v) is 2.14. The highest BCUT2D eigenvalue weighted by Gasteiger charge is 2.04. The van der Waals surface area contributed by atoms with Crippen LogP contribution < -0.4 is 5.32 Å². The molecule has 1 N–H and O–H groups in total. The van der Waals surface area contributed by atoms with Crippen LogP contribution in [0.15, 0.2) is 42.5 Å². The molecular weight excluding hydrogens is 263 g/mol. The molecule has 2 nitrogen and oxygen atoms in total. The summed E-state index contributed by atoms with van der Waals surface area (Å²) in [5.74, 6) is 0.0912. The molecule has 21 heavy (non-hydrogen) atoms. The number of benzene rings is 2. The molecule has 0 bridgehead atoms. The summed E-state index contributed by atoms with van der Waals surface area (Å²) in [4.78, 5) is 0. The minimum Gasteiger partial charge on any atom is -0.381 e. The van der Waals surface area contributed by atoms with Crippen molar-refractivity contribution in [1.82, 2.24) is 0 Å². The molecule has 2 aromatic rings. The van der Waals surface area contributed by atoms with Gasteiger partial charge in [0.2, 0.25) is 0 Å². The maximum Gasteiger partial charge on any atom is 0.140 e. The smallest absolute Gasteiger partial charge is 0.140 e. The molecule has 0 saturated heterocycles. The third kappa shape index (κ3) is 3.82.